The Morgan fingerprint density at radius 1 is 1.03 bits per heavy atom. The Kier molecular flexibility index (Phi) is 6.01. The van der Waals surface area contributed by atoms with Crippen LogP contribution in [0.2, 0.25) is 10.0 Å². The monoisotopic (exact) mass is 507 g/mol. The number of aliphatic hydroxyl groups excluding tert-OH is 1. The number of methoxy groups -OCH3 is 1. The van der Waals surface area contributed by atoms with Crippen LogP contribution in [0.15, 0.2) is 88.5 Å². The Morgan fingerprint density at radius 3 is 2.51 bits per heavy atom. The summed E-state index contributed by atoms with van der Waals surface area (Å²) in [5, 5.41) is 12.2. The van der Waals surface area contributed by atoms with Crippen LogP contribution in [0.1, 0.15) is 27.7 Å². The van der Waals surface area contributed by atoms with Gasteiger partial charge in [-0.3, -0.25) is 9.59 Å². The molecule has 0 saturated carbocycles. The molecule has 0 aliphatic carbocycles. The average molecular weight is 508 g/mol. The molecule has 0 spiro atoms. The fourth-order valence-electron chi connectivity index (χ4n) is 4.30. The maximum absolute atomic E-state index is 13.7. The van der Waals surface area contributed by atoms with E-state index in [0.717, 1.165) is 5.56 Å². The zero-order valence-corrected chi connectivity index (χ0v) is 20.0. The van der Waals surface area contributed by atoms with Gasteiger partial charge in [0.2, 0.25) is 5.78 Å². The number of nitrogens with zero attached hydrogens (tertiary/aromatic N) is 1. The molecule has 3 aromatic carbocycles. The fourth-order valence-corrected chi connectivity index (χ4v) is 4.61. The van der Waals surface area contributed by atoms with E-state index in [9.17, 15) is 14.7 Å². The summed E-state index contributed by atoms with van der Waals surface area (Å²) >= 11 is 12.4. The summed E-state index contributed by atoms with van der Waals surface area (Å²) in [6.45, 7) is 0.166. The minimum atomic E-state index is -0.903. The number of amides is 1. The van der Waals surface area contributed by atoms with E-state index >= 15 is 0 Å². The van der Waals surface area contributed by atoms with E-state index in [4.69, 9.17) is 32.4 Å². The van der Waals surface area contributed by atoms with Crippen LogP contribution in [-0.2, 0) is 11.3 Å². The summed E-state index contributed by atoms with van der Waals surface area (Å²) in [5.41, 5.74) is 1.67. The molecule has 1 aromatic heterocycles. The molecule has 1 N–H and O–H groups in total. The first-order valence-electron chi connectivity index (χ1n) is 10.7. The molecular formula is C27H19Cl2NO5. The van der Waals surface area contributed by atoms with Crippen molar-refractivity contribution in [3.8, 4) is 5.75 Å². The first-order valence-corrected chi connectivity index (χ1v) is 11.5. The molecule has 0 fully saturated rings. The van der Waals surface area contributed by atoms with E-state index in [0.29, 0.717) is 27.3 Å². The number of rotatable bonds is 6. The third-order valence-electron chi connectivity index (χ3n) is 5.96. The lowest BCUT2D eigenvalue weighted by Gasteiger charge is -2.27. The second kappa shape index (κ2) is 9.13. The Balaban J connectivity index is 1.62. The second-order valence-electron chi connectivity index (χ2n) is 8.08. The van der Waals surface area contributed by atoms with E-state index in [1.807, 2.05) is 30.3 Å². The van der Waals surface area contributed by atoms with Crippen molar-refractivity contribution in [2.75, 3.05) is 7.11 Å². The van der Waals surface area contributed by atoms with Crippen LogP contribution < -0.4 is 4.74 Å². The van der Waals surface area contributed by atoms with Crippen molar-refractivity contribution in [3.05, 3.63) is 111 Å². The topological polar surface area (TPSA) is 80.0 Å². The van der Waals surface area contributed by atoms with Gasteiger partial charge >= 0.3 is 0 Å². The van der Waals surface area contributed by atoms with E-state index in [-0.39, 0.29) is 22.9 Å². The van der Waals surface area contributed by atoms with Gasteiger partial charge in [-0.05, 0) is 35.4 Å². The molecule has 176 valence electrons. The van der Waals surface area contributed by atoms with Crippen molar-refractivity contribution < 1.29 is 23.8 Å². The fraction of sp³-hybridized carbons (Fsp3) is 0.111. The van der Waals surface area contributed by atoms with Crippen LogP contribution >= 0.6 is 23.2 Å². The van der Waals surface area contributed by atoms with Gasteiger partial charge in [0.05, 0.1) is 28.8 Å². The third kappa shape index (κ3) is 4.05. The molecule has 0 bridgehead atoms. The highest BCUT2D eigenvalue weighted by Crippen LogP contribution is 2.42. The number of hydrogen-bond donors (Lipinski definition) is 1. The number of hydrogen-bond acceptors (Lipinski definition) is 5. The van der Waals surface area contributed by atoms with Crippen LogP contribution in [0.5, 0.6) is 5.75 Å². The normalized spacial score (nSPS) is 15.8. The summed E-state index contributed by atoms with van der Waals surface area (Å²) in [7, 11) is 1.50. The van der Waals surface area contributed by atoms with Crippen molar-refractivity contribution in [2.24, 2.45) is 0 Å². The number of carbonyl (C=O) groups excluding carboxylic acids is 2. The highest BCUT2D eigenvalue weighted by molar-refractivity contribution is 6.42. The zero-order chi connectivity index (χ0) is 24.7. The van der Waals surface area contributed by atoms with Gasteiger partial charge in [-0.25, -0.2) is 0 Å². The van der Waals surface area contributed by atoms with Crippen LogP contribution in [0.25, 0.3) is 11.0 Å². The maximum Gasteiger partial charge on any atom is 0.290 e. The van der Waals surface area contributed by atoms with Crippen LogP contribution in [0.3, 0.4) is 0 Å². The average Bonchev–Trinajstić information content (AvgIpc) is 3.41. The molecule has 0 saturated heterocycles. The molecule has 8 heteroatoms. The third-order valence-corrected chi connectivity index (χ3v) is 6.69. The predicted octanol–water partition coefficient (Wildman–Crippen LogP) is 6.53. The molecule has 1 amide bonds. The molecule has 1 aliphatic heterocycles. The highest BCUT2D eigenvalue weighted by atomic mass is 35.5. The van der Waals surface area contributed by atoms with Gasteiger partial charge < -0.3 is 19.2 Å². The lowest BCUT2D eigenvalue weighted by Crippen LogP contribution is -2.30. The molecule has 1 atom stereocenters. The van der Waals surface area contributed by atoms with Crippen LogP contribution in [-0.4, -0.2) is 28.8 Å². The van der Waals surface area contributed by atoms with E-state index in [2.05, 4.69) is 0 Å². The molecule has 6 nitrogen and oxygen atoms in total. The number of ether oxygens (including phenoxy) is 1. The van der Waals surface area contributed by atoms with E-state index in [1.165, 1.54) is 12.0 Å². The largest absolute Gasteiger partial charge is 0.503 e. The number of benzene rings is 3. The lowest BCUT2D eigenvalue weighted by atomic mass is 9.94. The number of furan rings is 1. The van der Waals surface area contributed by atoms with Gasteiger partial charge in [0.15, 0.2) is 22.9 Å². The number of Topliss-reactive ketones (excluding diaryl/α,β-unsaturated/α-hetero) is 1. The van der Waals surface area contributed by atoms with Crippen molar-refractivity contribution >= 4 is 45.9 Å². The highest BCUT2D eigenvalue weighted by Gasteiger charge is 2.44. The second-order valence-corrected chi connectivity index (χ2v) is 8.89. The van der Waals surface area contributed by atoms with Crippen LogP contribution in [0.4, 0.5) is 0 Å². The van der Waals surface area contributed by atoms with Gasteiger partial charge in [-0.15, -0.1) is 0 Å². The summed E-state index contributed by atoms with van der Waals surface area (Å²) in [4.78, 5) is 28.4. The molecule has 1 unspecified atom stereocenters. The number of para-hydroxylation sites is 1. The Morgan fingerprint density at radius 2 is 1.80 bits per heavy atom. The minimum absolute atomic E-state index is 0.0227. The summed E-state index contributed by atoms with van der Waals surface area (Å²) in [5.74, 6) is -1.46. The van der Waals surface area contributed by atoms with Crippen molar-refractivity contribution in [1.82, 2.24) is 4.90 Å². The van der Waals surface area contributed by atoms with Crippen molar-refractivity contribution in [3.63, 3.8) is 0 Å². The van der Waals surface area contributed by atoms with E-state index in [1.54, 1.807) is 42.5 Å². The van der Waals surface area contributed by atoms with Crippen molar-refractivity contribution in [2.45, 2.75) is 12.6 Å². The predicted molar refractivity (Wildman–Crippen MR) is 133 cm³/mol. The van der Waals surface area contributed by atoms with Gasteiger partial charge in [0, 0.05) is 11.9 Å². The Hall–Kier alpha value is -3.74. The SMILES string of the molecule is COc1cccc2cc(C(=O)C3=C(O)C(=O)N(Cc4ccccc4)C3c3ccc(Cl)c(Cl)c3)oc12. The molecule has 35 heavy (non-hydrogen) atoms. The van der Waals surface area contributed by atoms with Crippen molar-refractivity contribution in [1.29, 1.82) is 0 Å². The number of aliphatic hydroxyl groups is 1. The number of ketones is 1. The molecule has 5 rings (SSSR count). The van der Waals surface area contributed by atoms with Gasteiger partial charge in [-0.1, -0.05) is 71.7 Å². The quantitative estimate of drug-likeness (QED) is 0.300. The smallest absolute Gasteiger partial charge is 0.290 e. The minimum Gasteiger partial charge on any atom is -0.503 e. The summed E-state index contributed by atoms with van der Waals surface area (Å²) < 4.78 is 11.2. The molecular weight excluding hydrogens is 489 g/mol. The number of carbonyl (C=O) groups is 2. The lowest BCUT2D eigenvalue weighted by molar-refractivity contribution is -0.130. The molecule has 4 aromatic rings. The molecule has 1 aliphatic rings. The summed E-state index contributed by atoms with van der Waals surface area (Å²) in [6, 6.07) is 20.1. The van der Waals surface area contributed by atoms with E-state index < -0.39 is 23.5 Å². The zero-order valence-electron chi connectivity index (χ0n) is 18.5. The van der Waals surface area contributed by atoms with Gasteiger partial charge in [0.1, 0.15) is 0 Å². The van der Waals surface area contributed by atoms with Gasteiger partial charge in [-0.2, -0.15) is 0 Å². The molecule has 0 radical (unpaired) electrons. The van der Waals surface area contributed by atoms with Crippen LogP contribution in [0, 0.1) is 0 Å². The summed E-state index contributed by atoms with van der Waals surface area (Å²) in [6.07, 6.45) is 0. The molecule has 2 heterocycles. The Labute approximate surface area is 210 Å². The number of fused-ring (bicyclic) bond motifs is 1. The maximum atomic E-state index is 13.7. The van der Waals surface area contributed by atoms with Gasteiger partial charge in [0.25, 0.3) is 5.91 Å². The first kappa shape index (κ1) is 23.0. The standard InChI is InChI=1S/C27H19Cl2NO5/c1-34-20-9-5-8-17-13-21(35-26(17)20)24(31)22-23(16-10-11-18(28)19(29)12-16)30(27(33)25(22)32)14-15-6-3-2-4-7-15/h2-13,23,32H,14H2,1H3. The number of halogens is 2. The first-order chi connectivity index (χ1) is 16.9. The Bertz CT molecular complexity index is 1490.